The molecule has 0 unspecified atom stereocenters. The third-order valence-corrected chi connectivity index (χ3v) is 4.69. The van der Waals surface area contributed by atoms with Crippen molar-refractivity contribution in [1.29, 1.82) is 0 Å². The number of amides is 2. The normalized spacial score (nSPS) is 10.9. The van der Waals surface area contributed by atoms with Crippen LogP contribution in [0.1, 0.15) is 11.4 Å². The number of nitrogens with two attached hydrogens (primary N) is 1. The maximum absolute atomic E-state index is 13.8. The summed E-state index contributed by atoms with van der Waals surface area (Å²) in [6.07, 6.45) is 1.92. The van der Waals surface area contributed by atoms with Crippen LogP contribution in [0, 0.1) is 19.7 Å². The van der Waals surface area contributed by atoms with Crippen LogP contribution in [-0.2, 0) is 0 Å². The number of carbonyl (C=O) groups is 1. The summed E-state index contributed by atoms with van der Waals surface area (Å²) in [5.41, 5.74) is 10.4. The van der Waals surface area contributed by atoms with E-state index in [0.29, 0.717) is 11.5 Å². The summed E-state index contributed by atoms with van der Waals surface area (Å²) in [5.74, 6) is 0.806. The van der Waals surface area contributed by atoms with Crippen LogP contribution in [0.2, 0.25) is 0 Å². The Hall–Kier alpha value is -3.87. The average molecular weight is 389 g/mol. The summed E-state index contributed by atoms with van der Waals surface area (Å²) >= 11 is 0. The highest BCUT2D eigenvalue weighted by atomic mass is 19.1. The summed E-state index contributed by atoms with van der Waals surface area (Å²) in [7, 11) is 0. The van der Waals surface area contributed by atoms with Crippen molar-refractivity contribution in [3.05, 3.63) is 78.0 Å². The number of urea groups is 1. The van der Waals surface area contributed by atoms with Gasteiger partial charge in [-0.25, -0.2) is 14.2 Å². The lowest BCUT2D eigenvalue weighted by molar-refractivity contribution is 0.262. The van der Waals surface area contributed by atoms with Crippen molar-refractivity contribution < 1.29 is 9.18 Å². The highest BCUT2D eigenvalue weighted by molar-refractivity contribution is 6.00. The van der Waals surface area contributed by atoms with E-state index in [1.807, 2.05) is 48.7 Å². The third kappa shape index (κ3) is 3.62. The fraction of sp³-hybridized carbons (Fsp3) is 0.0909. The Morgan fingerprint density at radius 3 is 2.59 bits per heavy atom. The number of nitrogens with one attached hydrogen (secondary N) is 2. The van der Waals surface area contributed by atoms with E-state index in [9.17, 15) is 9.18 Å². The molecule has 4 rings (SSSR count). The monoisotopic (exact) mass is 389 g/mol. The Morgan fingerprint density at radius 2 is 1.83 bits per heavy atom. The molecule has 7 heteroatoms. The molecule has 0 radical (unpaired) electrons. The van der Waals surface area contributed by atoms with E-state index >= 15 is 0 Å². The van der Waals surface area contributed by atoms with Crippen molar-refractivity contribution in [3.8, 4) is 11.1 Å². The molecule has 2 amide bonds. The van der Waals surface area contributed by atoms with Gasteiger partial charge in [-0.3, -0.25) is 0 Å². The van der Waals surface area contributed by atoms with Crippen LogP contribution in [0.25, 0.3) is 16.6 Å². The summed E-state index contributed by atoms with van der Waals surface area (Å²) in [6, 6.07) is 15.3. The molecule has 146 valence electrons. The van der Waals surface area contributed by atoms with Crippen molar-refractivity contribution in [2.75, 3.05) is 16.4 Å². The Bertz CT molecular complexity index is 1210. The smallest absolute Gasteiger partial charge is 0.323 e. The maximum Gasteiger partial charge on any atom is 0.323 e. The lowest BCUT2D eigenvalue weighted by Crippen LogP contribution is -2.20. The first-order valence-electron chi connectivity index (χ1n) is 9.10. The third-order valence-electron chi connectivity index (χ3n) is 4.69. The van der Waals surface area contributed by atoms with Crippen LogP contribution in [0.4, 0.5) is 26.4 Å². The fourth-order valence-electron chi connectivity index (χ4n) is 3.31. The number of imidazole rings is 1. The second-order valence-corrected chi connectivity index (χ2v) is 6.82. The van der Waals surface area contributed by atoms with Crippen LogP contribution in [0.5, 0.6) is 0 Å². The summed E-state index contributed by atoms with van der Waals surface area (Å²) in [6.45, 7) is 3.73. The molecular formula is C22H20FN5O. The minimum Gasteiger partial charge on any atom is -0.382 e. The van der Waals surface area contributed by atoms with E-state index in [1.165, 1.54) is 6.07 Å². The second kappa shape index (κ2) is 7.27. The largest absolute Gasteiger partial charge is 0.382 e. The van der Waals surface area contributed by atoms with Gasteiger partial charge in [-0.15, -0.1) is 0 Å². The molecule has 6 nitrogen and oxygen atoms in total. The molecule has 0 atom stereocenters. The van der Waals surface area contributed by atoms with Crippen LogP contribution in [-0.4, -0.2) is 15.4 Å². The lowest BCUT2D eigenvalue weighted by atomic mass is 10.1. The summed E-state index contributed by atoms with van der Waals surface area (Å²) in [5, 5.41) is 5.24. The zero-order chi connectivity index (χ0) is 20.5. The van der Waals surface area contributed by atoms with Gasteiger partial charge in [-0.1, -0.05) is 24.3 Å². The molecule has 0 aliphatic heterocycles. The zero-order valence-corrected chi connectivity index (χ0v) is 16.0. The number of anilines is 3. The van der Waals surface area contributed by atoms with Gasteiger partial charge in [0.05, 0.1) is 11.2 Å². The molecule has 29 heavy (non-hydrogen) atoms. The molecule has 0 aliphatic rings. The molecule has 0 spiro atoms. The van der Waals surface area contributed by atoms with Crippen molar-refractivity contribution in [2.45, 2.75) is 13.8 Å². The van der Waals surface area contributed by atoms with Gasteiger partial charge < -0.3 is 20.8 Å². The van der Waals surface area contributed by atoms with Crippen molar-refractivity contribution in [3.63, 3.8) is 0 Å². The predicted molar refractivity (Wildman–Crippen MR) is 114 cm³/mol. The predicted octanol–water partition coefficient (Wildman–Crippen LogP) is 4.98. The Morgan fingerprint density at radius 1 is 1.07 bits per heavy atom. The highest BCUT2D eigenvalue weighted by Crippen LogP contribution is 2.30. The van der Waals surface area contributed by atoms with Gasteiger partial charge in [-0.2, -0.15) is 0 Å². The van der Waals surface area contributed by atoms with Gasteiger partial charge in [0, 0.05) is 17.4 Å². The van der Waals surface area contributed by atoms with E-state index in [0.717, 1.165) is 28.0 Å². The van der Waals surface area contributed by atoms with Crippen molar-refractivity contribution >= 4 is 28.7 Å². The first kappa shape index (κ1) is 18.5. The number of fused-ring (bicyclic) bond motifs is 1. The molecule has 2 aromatic heterocycles. The lowest BCUT2D eigenvalue weighted by Gasteiger charge is -2.10. The molecule has 0 fully saturated rings. The SMILES string of the molecule is Cc1ccc(F)c(NC(=O)Nc2ccc(-c3cccn4c(C)nc(N)c34)cc2)c1. The number of halogens is 1. The minimum absolute atomic E-state index is 0.136. The molecular weight excluding hydrogens is 369 g/mol. The molecule has 4 aromatic rings. The maximum atomic E-state index is 13.8. The summed E-state index contributed by atoms with van der Waals surface area (Å²) < 4.78 is 15.8. The number of nitrogens with zero attached hydrogens (tertiary/aromatic N) is 2. The van der Waals surface area contributed by atoms with Gasteiger partial charge in [0.15, 0.2) is 5.82 Å². The molecule has 2 heterocycles. The summed E-state index contributed by atoms with van der Waals surface area (Å²) in [4.78, 5) is 16.5. The Kier molecular flexibility index (Phi) is 4.64. The number of aromatic nitrogens is 2. The number of benzene rings is 2. The number of hydrogen-bond acceptors (Lipinski definition) is 3. The van der Waals surface area contributed by atoms with E-state index < -0.39 is 11.8 Å². The van der Waals surface area contributed by atoms with Crippen LogP contribution < -0.4 is 16.4 Å². The Balaban J connectivity index is 1.54. The average Bonchev–Trinajstić information content (AvgIpc) is 2.99. The molecule has 0 saturated carbocycles. The van der Waals surface area contributed by atoms with Gasteiger partial charge >= 0.3 is 6.03 Å². The number of pyridine rings is 1. The van der Waals surface area contributed by atoms with E-state index in [2.05, 4.69) is 15.6 Å². The van der Waals surface area contributed by atoms with Crippen LogP contribution >= 0.6 is 0 Å². The number of rotatable bonds is 3. The highest BCUT2D eigenvalue weighted by Gasteiger charge is 2.12. The van der Waals surface area contributed by atoms with Gasteiger partial charge in [0.25, 0.3) is 0 Å². The molecule has 0 bridgehead atoms. The number of aryl methyl sites for hydroxylation is 2. The van der Waals surface area contributed by atoms with Crippen LogP contribution in [0.3, 0.4) is 0 Å². The quantitative estimate of drug-likeness (QED) is 0.462. The molecule has 0 saturated heterocycles. The minimum atomic E-state index is -0.514. The van der Waals surface area contributed by atoms with Crippen molar-refractivity contribution in [2.24, 2.45) is 0 Å². The molecule has 0 aliphatic carbocycles. The van der Waals surface area contributed by atoms with E-state index in [1.54, 1.807) is 24.3 Å². The van der Waals surface area contributed by atoms with Gasteiger partial charge in [-0.05, 0) is 55.3 Å². The number of nitrogen functional groups attached to an aromatic ring is 1. The molecule has 2 aromatic carbocycles. The zero-order valence-electron chi connectivity index (χ0n) is 16.0. The van der Waals surface area contributed by atoms with E-state index in [-0.39, 0.29) is 5.69 Å². The number of hydrogen-bond donors (Lipinski definition) is 3. The Labute approximate surface area is 167 Å². The van der Waals surface area contributed by atoms with Gasteiger partial charge in [0.1, 0.15) is 11.6 Å². The van der Waals surface area contributed by atoms with Crippen molar-refractivity contribution in [1.82, 2.24) is 9.38 Å². The second-order valence-electron chi connectivity index (χ2n) is 6.82. The number of carbonyl (C=O) groups excluding carboxylic acids is 1. The first-order valence-corrected chi connectivity index (χ1v) is 9.10. The van der Waals surface area contributed by atoms with Gasteiger partial charge in [0.2, 0.25) is 0 Å². The van der Waals surface area contributed by atoms with E-state index in [4.69, 9.17) is 5.73 Å². The standard InChI is InChI=1S/C22H20FN5O/c1-13-5-10-18(23)19(12-13)27-22(29)26-16-8-6-15(7-9-16)17-4-3-11-28-14(2)25-21(24)20(17)28/h3-12H,24H2,1-2H3,(H2,26,27,29). The first-order chi connectivity index (χ1) is 13.9. The fourth-order valence-corrected chi connectivity index (χ4v) is 3.31. The van der Waals surface area contributed by atoms with Crippen LogP contribution in [0.15, 0.2) is 60.8 Å². The molecule has 4 N–H and O–H groups in total. The topological polar surface area (TPSA) is 84.5 Å².